The van der Waals surface area contributed by atoms with Gasteiger partial charge in [-0.15, -0.1) is 0 Å². The second-order valence-corrected chi connectivity index (χ2v) is 5.71. The molecule has 1 N–H and O–H groups in total. The zero-order valence-corrected chi connectivity index (χ0v) is 11.3. The monoisotopic (exact) mass is 262 g/mol. The van der Waals surface area contributed by atoms with Crippen LogP contribution in [0.5, 0.6) is 0 Å². The number of carbonyl (C=O) groups excluding carboxylic acids is 1. The number of hydrogen-bond donors (Lipinski definition) is 1. The van der Waals surface area contributed by atoms with Crippen molar-refractivity contribution in [2.45, 2.75) is 50.5 Å². The van der Waals surface area contributed by atoms with E-state index in [4.69, 9.17) is 0 Å². The molecule has 2 rings (SSSR count). The van der Waals surface area contributed by atoms with Gasteiger partial charge in [-0.25, -0.2) is 0 Å². The number of nitrogens with zero attached hydrogens (tertiary/aromatic N) is 1. The molecule has 1 aromatic rings. The first-order valence-electron chi connectivity index (χ1n) is 6.47. The predicted molar refractivity (Wildman–Crippen MR) is 72.2 cm³/mol. The van der Waals surface area contributed by atoms with Crippen LogP contribution < -0.4 is 5.32 Å². The Labute approximate surface area is 112 Å². The molecule has 1 heterocycles. The molecule has 0 saturated heterocycles. The lowest BCUT2D eigenvalue weighted by molar-refractivity contribution is -0.122. The normalized spacial score (nSPS) is 17.9. The largest absolute Gasteiger partial charge is 0.338 e. The van der Waals surface area contributed by atoms with Crippen LogP contribution in [0.2, 0.25) is 0 Å². The van der Waals surface area contributed by atoms with Crippen molar-refractivity contribution in [3.63, 3.8) is 0 Å². The minimum Gasteiger partial charge on any atom is -0.338 e. The van der Waals surface area contributed by atoms with Gasteiger partial charge in [-0.2, -0.15) is 16.6 Å². The van der Waals surface area contributed by atoms with Crippen molar-refractivity contribution in [3.8, 4) is 6.07 Å². The van der Waals surface area contributed by atoms with E-state index in [2.05, 4.69) is 16.8 Å². The van der Waals surface area contributed by atoms with Gasteiger partial charge in [0.1, 0.15) is 5.54 Å². The maximum atomic E-state index is 11.9. The van der Waals surface area contributed by atoms with Crippen molar-refractivity contribution in [3.05, 3.63) is 22.4 Å². The van der Waals surface area contributed by atoms with Crippen LogP contribution in [-0.2, 0) is 11.2 Å². The second-order valence-electron chi connectivity index (χ2n) is 4.93. The highest BCUT2D eigenvalue weighted by Gasteiger charge is 2.33. The molecule has 4 heteroatoms. The Balaban J connectivity index is 1.84. The quantitative estimate of drug-likeness (QED) is 0.906. The summed E-state index contributed by atoms with van der Waals surface area (Å²) in [7, 11) is 0. The van der Waals surface area contributed by atoms with Gasteiger partial charge in [0.15, 0.2) is 0 Å². The first-order valence-corrected chi connectivity index (χ1v) is 7.42. The molecule has 1 aliphatic rings. The summed E-state index contributed by atoms with van der Waals surface area (Å²) < 4.78 is 0. The Kier molecular flexibility index (Phi) is 4.38. The summed E-state index contributed by atoms with van der Waals surface area (Å²) in [4.78, 5) is 11.9. The van der Waals surface area contributed by atoms with E-state index in [-0.39, 0.29) is 5.91 Å². The lowest BCUT2D eigenvalue weighted by atomic mass is 9.82. The number of hydrogen-bond acceptors (Lipinski definition) is 3. The van der Waals surface area contributed by atoms with Gasteiger partial charge in [0.2, 0.25) is 5.91 Å². The summed E-state index contributed by atoms with van der Waals surface area (Å²) in [5.41, 5.74) is 0.606. The van der Waals surface area contributed by atoms with Gasteiger partial charge in [-0.05, 0) is 41.7 Å². The number of aryl methyl sites for hydroxylation is 1. The standard InChI is InChI=1S/C14H18N2OS/c15-11-14(7-2-1-3-8-14)16-13(17)5-4-12-6-9-18-10-12/h6,9-10H,1-5,7-8H2,(H,16,17). The Hall–Kier alpha value is -1.34. The van der Waals surface area contributed by atoms with Crippen LogP contribution in [0.4, 0.5) is 0 Å². The SMILES string of the molecule is N#CC1(NC(=O)CCc2ccsc2)CCCCC1. The molecule has 0 aromatic carbocycles. The van der Waals surface area contributed by atoms with E-state index < -0.39 is 5.54 Å². The third-order valence-electron chi connectivity index (χ3n) is 3.52. The molecular formula is C14H18N2OS. The molecule has 1 aliphatic carbocycles. The molecule has 18 heavy (non-hydrogen) atoms. The maximum Gasteiger partial charge on any atom is 0.221 e. The molecular weight excluding hydrogens is 244 g/mol. The molecule has 0 atom stereocenters. The van der Waals surface area contributed by atoms with E-state index in [0.29, 0.717) is 6.42 Å². The molecule has 1 aromatic heterocycles. The van der Waals surface area contributed by atoms with Crippen molar-refractivity contribution in [2.24, 2.45) is 0 Å². The fourth-order valence-corrected chi connectivity index (χ4v) is 3.15. The maximum absolute atomic E-state index is 11.9. The van der Waals surface area contributed by atoms with Crippen LogP contribution in [0, 0.1) is 11.3 Å². The van der Waals surface area contributed by atoms with Gasteiger partial charge in [-0.1, -0.05) is 19.3 Å². The molecule has 3 nitrogen and oxygen atoms in total. The topological polar surface area (TPSA) is 52.9 Å². The smallest absolute Gasteiger partial charge is 0.221 e. The Morgan fingerprint density at radius 1 is 1.44 bits per heavy atom. The molecule has 0 bridgehead atoms. The van der Waals surface area contributed by atoms with E-state index in [9.17, 15) is 10.1 Å². The van der Waals surface area contributed by atoms with Crippen molar-refractivity contribution in [1.82, 2.24) is 5.32 Å². The lowest BCUT2D eigenvalue weighted by Gasteiger charge is -2.31. The van der Waals surface area contributed by atoms with E-state index in [1.54, 1.807) is 11.3 Å². The number of thiophene rings is 1. The average Bonchev–Trinajstić information content (AvgIpc) is 2.91. The molecule has 1 saturated carbocycles. The zero-order valence-electron chi connectivity index (χ0n) is 10.4. The predicted octanol–water partition coefficient (Wildman–Crippen LogP) is 3.02. The van der Waals surface area contributed by atoms with E-state index in [0.717, 1.165) is 32.1 Å². The van der Waals surface area contributed by atoms with Crippen LogP contribution >= 0.6 is 11.3 Å². The van der Waals surface area contributed by atoms with Crippen LogP contribution in [0.3, 0.4) is 0 Å². The highest BCUT2D eigenvalue weighted by Crippen LogP contribution is 2.27. The number of nitriles is 1. The van der Waals surface area contributed by atoms with E-state index in [1.807, 2.05) is 11.4 Å². The summed E-state index contributed by atoms with van der Waals surface area (Å²) in [6.07, 6.45) is 6.09. The van der Waals surface area contributed by atoms with Gasteiger partial charge in [0, 0.05) is 6.42 Å². The number of amides is 1. The van der Waals surface area contributed by atoms with E-state index >= 15 is 0 Å². The minimum absolute atomic E-state index is 0.00431. The summed E-state index contributed by atoms with van der Waals surface area (Å²) in [5, 5.41) is 16.3. The zero-order chi connectivity index (χ0) is 12.8. The van der Waals surface area contributed by atoms with Crippen LogP contribution in [-0.4, -0.2) is 11.4 Å². The molecule has 0 aliphatic heterocycles. The van der Waals surface area contributed by atoms with Crippen molar-refractivity contribution in [1.29, 1.82) is 5.26 Å². The van der Waals surface area contributed by atoms with Gasteiger partial charge >= 0.3 is 0 Å². The first-order chi connectivity index (χ1) is 8.74. The minimum atomic E-state index is -0.593. The van der Waals surface area contributed by atoms with Crippen LogP contribution in [0.25, 0.3) is 0 Å². The summed E-state index contributed by atoms with van der Waals surface area (Å²) >= 11 is 1.65. The molecule has 0 unspecified atom stereocenters. The number of nitrogens with one attached hydrogen (secondary N) is 1. The highest BCUT2D eigenvalue weighted by atomic mass is 32.1. The summed E-state index contributed by atoms with van der Waals surface area (Å²) in [6, 6.07) is 4.35. The van der Waals surface area contributed by atoms with Crippen molar-refractivity contribution < 1.29 is 4.79 Å². The molecule has 1 fully saturated rings. The molecule has 0 spiro atoms. The highest BCUT2D eigenvalue weighted by molar-refractivity contribution is 7.07. The lowest BCUT2D eigenvalue weighted by Crippen LogP contribution is -2.48. The Morgan fingerprint density at radius 2 is 2.22 bits per heavy atom. The molecule has 0 radical (unpaired) electrons. The third-order valence-corrected chi connectivity index (χ3v) is 4.25. The van der Waals surface area contributed by atoms with Gasteiger partial charge in [0.25, 0.3) is 0 Å². The van der Waals surface area contributed by atoms with Gasteiger partial charge in [-0.3, -0.25) is 4.79 Å². The summed E-state index contributed by atoms with van der Waals surface area (Å²) in [5.74, 6) is 0.00431. The van der Waals surface area contributed by atoms with Crippen molar-refractivity contribution in [2.75, 3.05) is 0 Å². The molecule has 96 valence electrons. The number of rotatable bonds is 4. The van der Waals surface area contributed by atoms with Crippen LogP contribution in [0.1, 0.15) is 44.1 Å². The first kappa shape index (κ1) is 13.1. The van der Waals surface area contributed by atoms with Crippen molar-refractivity contribution >= 4 is 17.2 Å². The molecule has 1 amide bonds. The van der Waals surface area contributed by atoms with Gasteiger partial charge in [0.05, 0.1) is 6.07 Å². The number of carbonyl (C=O) groups is 1. The fourth-order valence-electron chi connectivity index (χ4n) is 2.44. The fraction of sp³-hybridized carbons (Fsp3) is 0.571. The van der Waals surface area contributed by atoms with E-state index in [1.165, 1.54) is 12.0 Å². The van der Waals surface area contributed by atoms with Gasteiger partial charge < -0.3 is 5.32 Å². The average molecular weight is 262 g/mol. The Morgan fingerprint density at radius 3 is 2.83 bits per heavy atom. The summed E-state index contributed by atoms with van der Waals surface area (Å²) in [6.45, 7) is 0. The van der Waals surface area contributed by atoms with Crippen LogP contribution in [0.15, 0.2) is 16.8 Å². The third kappa shape index (κ3) is 3.33. The second kappa shape index (κ2) is 6.01. The Bertz CT molecular complexity index is 427.